The van der Waals surface area contributed by atoms with Gasteiger partial charge in [-0.25, -0.2) is 0 Å². The summed E-state index contributed by atoms with van der Waals surface area (Å²) < 4.78 is 10.6. The van der Waals surface area contributed by atoms with E-state index >= 15 is 0 Å². The normalized spacial score (nSPS) is 15.2. The molecule has 194 valence electrons. The topological polar surface area (TPSA) is 38.8 Å². The van der Waals surface area contributed by atoms with E-state index in [4.69, 9.17) is 9.47 Å². The maximum absolute atomic E-state index is 12.8. The summed E-state index contributed by atoms with van der Waals surface area (Å²) in [4.78, 5) is 15.3. The van der Waals surface area contributed by atoms with Gasteiger partial charge in [-0.05, 0) is 84.7 Å². The van der Waals surface area contributed by atoms with Gasteiger partial charge < -0.3 is 14.4 Å². The van der Waals surface area contributed by atoms with Crippen LogP contribution in [0.1, 0.15) is 58.3 Å². The van der Waals surface area contributed by atoms with Gasteiger partial charge in [0, 0.05) is 25.1 Å². The Morgan fingerprint density at radius 3 is 1.97 bits per heavy atom. The second-order valence-corrected chi connectivity index (χ2v) is 9.73. The van der Waals surface area contributed by atoms with E-state index in [1.165, 1.54) is 27.8 Å². The Balaban J connectivity index is 0.00000320. The SMILES string of the molecule is COc1ccc(C(=O)CCCN2CCC(=C3c4ccccc4CCc4ccccc43)CC2)cc1OC.Cl. The number of ether oxygens (including phenoxy) is 2. The van der Waals surface area contributed by atoms with Crippen molar-refractivity contribution in [2.75, 3.05) is 33.9 Å². The number of rotatable bonds is 7. The zero-order valence-electron chi connectivity index (χ0n) is 21.8. The Morgan fingerprint density at radius 2 is 1.38 bits per heavy atom. The molecule has 2 aliphatic rings. The lowest BCUT2D eigenvalue weighted by molar-refractivity contribution is 0.0973. The first-order valence-electron chi connectivity index (χ1n) is 13.0. The van der Waals surface area contributed by atoms with Crippen LogP contribution in [0.25, 0.3) is 5.57 Å². The Hall–Kier alpha value is -3.08. The Labute approximate surface area is 226 Å². The Bertz CT molecular complexity index is 1220. The maximum atomic E-state index is 12.8. The van der Waals surface area contributed by atoms with E-state index in [1.54, 1.807) is 31.9 Å². The third kappa shape index (κ3) is 5.92. The first-order chi connectivity index (χ1) is 17.7. The summed E-state index contributed by atoms with van der Waals surface area (Å²) in [5.41, 5.74) is 9.51. The van der Waals surface area contributed by atoms with E-state index < -0.39 is 0 Å². The van der Waals surface area contributed by atoms with Crippen molar-refractivity contribution in [3.63, 3.8) is 0 Å². The Kier molecular flexibility index (Phi) is 9.07. The lowest BCUT2D eigenvalue weighted by Gasteiger charge is -2.30. The van der Waals surface area contributed by atoms with Crippen molar-refractivity contribution in [3.8, 4) is 11.5 Å². The molecule has 0 N–H and O–H groups in total. The van der Waals surface area contributed by atoms with Crippen LogP contribution >= 0.6 is 12.4 Å². The van der Waals surface area contributed by atoms with Gasteiger partial charge in [-0.2, -0.15) is 0 Å². The fraction of sp³-hybridized carbons (Fsp3) is 0.344. The minimum Gasteiger partial charge on any atom is -0.493 e. The van der Waals surface area contributed by atoms with Crippen molar-refractivity contribution in [2.24, 2.45) is 0 Å². The van der Waals surface area contributed by atoms with Gasteiger partial charge in [0.25, 0.3) is 0 Å². The van der Waals surface area contributed by atoms with Crippen LogP contribution in [0.5, 0.6) is 11.5 Å². The number of aryl methyl sites for hydroxylation is 2. The molecule has 5 heteroatoms. The van der Waals surface area contributed by atoms with Crippen molar-refractivity contribution in [1.29, 1.82) is 0 Å². The number of hydrogen-bond acceptors (Lipinski definition) is 4. The summed E-state index contributed by atoms with van der Waals surface area (Å²) in [5, 5.41) is 0. The van der Waals surface area contributed by atoms with Gasteiger partial charge in [0.15, 0.2) is 17.3 Å². The predicted octanol–water partition coefficient (Wildman–Crippen LogP) is 6.79. The lowest BCUT2D eigenvalue weighted by Crippen LogP contribution is -2.32. The maximum Gasteiger partial charge on any atom is 0.163 e. The van der Waals surface area contributed by atoms with Crippen molar-refractivity contribution in [2.45, 2.75) is 38.5 Å². The standard InChI is InChI=1S/C32H35NO3.ClH/c1-35-30-16-15-26(22-31(30)36-2)29(34)12-7-19-33-20-17-25(18-21-33)32-27-10-5-3-8-23(27)13-14-24-9-4-6-11-28(24)32;/h3-6,8-11,15-16,22H,7,12-14,17-21H2,1-2H3;1H. The average molecular weight is 518 g/mol. The highest BCUT2D eigenvalue weighted by Crippen LogP contribution is 2.38. The molecule has 3 aromatic carbocycles. The number of halogens is 1. The summed E-state index contributed by atoms with van der Waals surface area (Å²) >= 11 is 0. The molecule has 0 bridgehead atoms. The smallest absolute Gasteiger partial charge is 0.163 e. The highest BCUT2D eigenvalue weighted by Gasteiger charge is 2.23. The molecule has 1 fully saturated rings. The van der Waals surface area contributed by atoms with Gasteiger partial charge >= 0.3 is 0 Å². The highest BCUT2D eigenvalue weighted by molar-refractivity contribution is 5.96. The number of nitrogens with zero attached hydrogens (tertiary/aromatic N) is 1. The molecule has 0 atom stereocenters. The molecule has 0 aromatic heterocycles. The number of piperidine rings is 1. The van der Waals surface area contributed by atoms with E-state index in [0.717, 1.165) is 51.7 Å². The first kappa shape index (κ1) is 27.0. The van der Waals surface area contributed by atoms with Crippen molar-refractivity contribution in [3.05, 3.63) is 100 Å². The largest absolute Gasteiger partial charge is 0.493 e. The van der Waals surface area contributed by atoms with Crippen LogP contribution in [0.4, 0.5) is 0 Å². The van der Waals surface area contributed by atoms with Crippen molar-refractivity contribution < 1.29 is 14.3 Å². The van der Waals surface area contributed by atoms with Crippen LogP contribution in [0, 0.1) is 0 Å². The first-order valence-corrected chi connectivity index (χ1v) is 13.0. The number of carbonyl (C=O) groups excluding carboxylic acids is 1. The third-order valence-electron chi connectivity index (χ3n) is 7.63. The van der Waals surface area contributed by atoms with E-state index in [1.807, 2.05) is 6.07 Å². The predicted molar refractivity (Wildman–Crippen MR) is 152 cm³/mol. The summed E-state index contributed by atoms with van der Waals surface area (Å²) in [7, 11) is 3.20. The molecule has 0 amide bonds. The number of fused-ring (bicyclic) bond motifs is 2. The summed E-state index contributed by atoms with van der Waals surface area (Å²) in [6.45, 7) is 3.05. The summed E-state index contributed by atoms with van der Waals surface area (Å²) in [5.74, 6) is 1.40. The fourth-order valence-corrected chi connectivity index (χ4v) is 5.67. The van der Waals surface area contributed by atoms with Gasteiger partial charge in [0.2, 0.25) is 0 Å². The number of hydrogen-bond donors (Lipinski definition) is 0. The quantitative estimate of drug-likeness (QED) is 0.324. The van der Waals surface area contributed by atoms with Gasteiger partial charge in [0.05, 0.1) is 14.2 Å². The van der Waals surface area contributed by atoms with Gasteiger partial charge in [0.1, 0.15) is 0 Å². The van der Waals surface area contributed by atoms with Crippen LogP contribution in [-0.2, 0) is 12.8 Å². The third-order valence-corrected chi connectivity index (χ3v) is 7.63. The van der Waals surface area contributed by atoms with Gasteiger partial charge in [-0.15, -0.1) is 12.4 Å². The number of methoxy groups -OCH3 is 2. The molecular weight excluding hydrogens is 482 g/mol. The summed E-state index contributed by atoms with van der Waals surface area (Å²) in [6.07, 6.45) is 5.78. The number of ketones is 1. The molecule has 4 nitrogen and oxygen atoms in total. The van der Waals surface area contributed by atoms with E-state index in [-0.39, 0.29) is 18.2 Å². The lowest BCUT2D eigenvalue weighted by atomic mass is 9.86. The monoisotopic (exact) mass is 517 g/mol. The van der Waals surface area contributed by atoms with Crippen LogP contribution in [0.3, 0.4) is 0 Å². The van der Waals surface area contributed by atoms with Crippen molar-refractivity contribution in [1.82, 2.24) is 4.90 Å². The van der Waals surface area contributed by atoms with Crippen LogP contribution < -0.4 is 9.47 Å². The molecule has 5 rings (SSSR count). The molecule has 0 unspecified atom stereocenters. The molecule has 3 aromatic rings. The summed E-state index contributed by atoms with van der Waals surface area (Å²) in [6, 6.07) is 23.3. The van der Waals surface area contributed by atoms with Crippen LogP contribution in [0.15, 0.2) is 72.3 Å². The second kappa shape index (κ2) is 12.4. The fourth-order valence-electron chi connectivity index (χ4n) is 5.67. The van der Waals surface area contributed by atoms with E-state index in [0.29, 0.717) is 23.5 Å². The van der Waals surface area contributed by atoms with Crippen LogP contribution in [0.2, 0.25) is 0 Å². The number of carbonyl (C=O) groups is 1. The molecule has 0 radical (unpaired) electrons. The second-order valence-electron chi connectivity index (χ2n) is 9.73. The average Bonchev–Trinajstić information content (AvgIpc) is 3.10. The molecule has 37 heavy (non-hydrogen) atoms. The van der Waals surface area contributed by atoms with E-state index in [9.17, 15) is 4.79 Å². The number of Topliss-reactive ketones (excluding diaryl/α,β-unsaturated/α-hetero) is 1. The zero-order valence-corrected chi connectivity index (χ0v) is 22.6. The Morgan fingerprint density at radius 1 is 0.784 bits per heavy atom. The van der Waals surface area contributed by atoms with Crippen molar-refractivity contribution >= 4 is 23.8 Å². The number of likely N-dealkylation sites (tertiary alicyclic amines) is 1. The highest BCUT2D eigenvalue weighted by atomic mass is 35.5. The molecular formula is C32H36ClNO3. The van der Waals surface area contributed by atoms with E-state index in [2.05, 4.69) is 53.4 Å². The number of benzene rings is 3. The zero-order chi connectivity index (χ0) is 24.9. The van der Waals surface area contributed by atoms with Crippen LogP contribution in [-0.4, -0.2) is 44.5 Å². The molecule has 1 saturated heterocycles. The molecule has 1 aliphatic heterocycles. The van der Waals surface area contributed by atoms with Gasteiger partial charge in [-0.1, -0.05) is 54.1 Å². The minimum absolute atomic E-state index is 0. The minimum atomic E-state index is 0. The van der Waals surface area contributed by atoms with Gasteiger partial charge in [-0.3, -0.25) is 4.79 Å². The molecule has 1 aliphatic carbocycles. The molecule has 1 heterocycles. The molecule has 0 spiro atoms. The molecule has 0 saturated carbocycles.